The Kier molecular flexibility index (Phi) is 3.17. The third-order valence-electron chi connectivity index (χ3n) is 4.13. The standard InChI is InChI=1S/C15H22N2/c1-12-2-4-13(5-3-12)10-17-9-8-14-6-7-15(11-17)16-14/h2-5,14-16H,6-11H2,1H3. The minimum atomic E-state index is 0.743. The Balaban J connectivity index is 1.63. The zero-order valence-corrected chi connectivity index (χ0v) is 10.7. The van der Waals surface area contributed by atoms with Gasteiger partial charge < -0.3 is 5.32 Å². The smallest absolute Gasteiger partial charge is 0.0234 e. The first-order chi connectivity index (χ1) is 8.29. The van der Waals surface area contributed by atoms with E-state index in [1.165, 1.54) is 43.5 Å². The van der Waals surface area contributed by atoms with E-state index in [2.05, 4.69) is 41.4 Å². The molecular formula is C15H22N2. The number of hydrogen-bond acceptors (Lipinski definition) is 2. The van der Waals surface area contributed by atoms with Crippen LogP contribution in [0.4, 0.5) is 0 Å². The lowest BCUT2D eigenvalue weighted by Crippen LogP contribution is -2.34. The van der Waals surface area contributed by atoms with Crippen LogP contribution in [0.2, 0.25) is 0 Å². The molecule has 0 aliphatic carbocycles. The van der Waals surface area contributed by atoms with Gasteiger partial charge in [-0.2, -0.15) is 0 Å². The maximum atomic E-state index is 3.74. The van der Waals surface area contributed by atoms with Crippen LogP contribution in [0.1, 0.15) is 30.4 Å². The molecule has 2 unspecified atom stereocenters. The summed E-state index contributed by atoms with van der Waals surface area (Å²) < 4.78 is 0. The van der Waals surface area contributed by atoms with Crippen molar-refractivity contribution < 1.29 is 0 Å². The molecule has 2 bridgehead atoms. The van der Waals surface area contributed by atoms with E-state index < -0.39 is 0 Å². The molecule has 17 heavy (non-hydrogen) atoms. The number of rotatable bonds is 2. The molecule has 2 aliphatic rings. The molecule has 0 aromatic heterocycles. The maximum Gasteiger partial charge on any atom is 0.0234 e. The Morgan fingerprint density at radius 2 is 1.88 bits per heavy atom. The fourth-order valence-corrected chi connectivity index (χ4v) is 3.11. The normalized spacial score (nSPS) is 29.2. The van der Waals surface area contributed by atoms with Gasteiger partial charge in [-0.25, -0.2) is 0 Å². The fourth-order valence-electron chi connectivity index (χ4n) is 3.11. The van der Waals surface area contributed by atoms with Crippen molar-refractivity contribution in [2.75, 3.05) is 13.1 Å². The summed E-state index contributed by atoms with van der Waals surface area (Å²) in [7, 11) is 0. The second-order valence-corrected chi connectivity index (χ2v) is 5.65. The van der Waals surface area contributed by atoms with Gasteiger partial charge in [0.05, 0.1) is 0 Å². The lowest BCUT2D eigenvalue weighted by atomic mass is 10.1. The second-order valence-electron chi connectivity index (χ2n) is 5.65. The fraction of sp³-hybridized carbons (Fsp3) is 0.600. The van der Waals surface area contributed by atoms with E-state index in [0.29, 0.717) is 0 Å². The monoisotopic (exact) mass is 230 g/mol. The molecule has 3 rings (SSSR count). The molecule has 1 aromatic carbocycles. The predicted molar refractivity (Wildman–Crippen MR) is 71.0 cm³/mol. The summed E-state index contributed by atoms with van der Waals surface area (Å²) in [6, 6.07) is 10.5. The highest BCUT2D eigenvalue weighted by Crippen LogP contribution is 2.21. The van der Waals surface area contributed by atoms with E-state index in [1.54, 1.807) is 0 Å². The van der Waals surface area contributed by atoms with E-state index in [4.69, 9.17) is 0 Å². The van der Waals surface area contributed by atoms with Gasteiger partial charge in [-0.05, 0) is 31.7 Å². The van der Waals surface area contributed by atoms with Crippen LogP contribution in [-0.4, -0.2) is 30.1 Å². The average Bonchev–Trinajstić information content (AvgIpc) is 2.66. The Morgan fingerprint density at radius 3 is 2.71 bits per heavy atom. The quantitative estimate of drug-likeness (QED) is 0.839. The molecule has 92 valence electrons. The van der Waals surface area contributed by atoms with Crippen LogP contribution in [0.15, 0.2) is 24.3 Å². The zero-order valence-electron chi connectivity index (χ0n) is 10.7. The third-order valence-corrected chi connectivity index (χ3v) is 4.13. The van der Waals surface area contributed by atoms with Gasteiger partial charge in [-0.1, -0.05) is 29.8 Å². The molecule has 0 radical (unpaired) electrons. The molecular weight excluding hydrogens is 208 g/mol. The molecule has 2 heterocycles. The van der Waals surface area contributed by atoms with Crippen molar-refractivity contribution in [2.24, 2.45) is 0 Å². The summed E-state index contributed by atoms with van der Waals surface area (Å²) >= 11 is 0. The number of hydrogen-bond donors (Lipinski definition) is 1. The highest BCUT2D eigenvalue weighted by atomic mass is 15.2. The highest BCUT2D eigenvalue weighted by molar-refractivity contribution is 5.21. The van der Waals surface area contributed by atoms with Crippen molar-refractivity contribution in [2.45, 2.75) is 44.8 Å². The minimum Gasteiger partial charge on any atom is -0.310 e. The first kappa shape index (κ1) is 11.2. The zero-order chi connectivity index (χ0) is 11.7. The van der Waals surface area contributed by atoms with Crippen molar-refractivity contribution >= 4 is 0 Å². The second kappa shape index (κ2) is 4.79. The van der Waals surface area contributed by atoms with E-state index >= 15 is 0 Å². The van der Waals surface area contributed by atoms with Gasteiger partial charge in [-0.3, -0.25) is 4.90 Å². The largest absolute Gasteiger partial charge is 0.310 e. The van der Waals surface area contributed by atoms with Gasteiger partial charge in [0.15, 0.2) is 0 Å². The van der Waals surface area contributed by atoms with Crippen molar-refractivity contribution in [3.8, 4) is 0 Å². The SMILES string of the molecule is Cc1ccc(CN2CCC3CCC(C2)N3)cc1. The molecule has 2 heteroatoms. The van der Waals surface area contributed by atoms with Gasteiger partial charge in [0.25, 0.3) is 0 Å². The van der Waals surface area contributed by atoms with Crippen molar-refractivity contribution in [3.05, 3.63) is 35.4 Å². The number of likely N-dealkylation sites (tertiary alicyclic amines) is 1. The summed E-state index contributed by atoms with van der Waals surface area (Å²) in [6.07, 6.45) is 4.08. The van der Waals surface area contributed by atoms with Crippen LogP contribution in [0, 0.1) is 6.92 Å². The average molecular weight is 230 g/mol. The Bertz CT molecular complexity index is 371. The molecule has 0 spiro atoms. The van der Waals surface area contributed by atoms with Gasteiger partial charge >= 0.3 is 0 Å². The molecule has 1 aromatic rings. The lowest BCUT2D eigenvalue weighted by Gasteiger charge is -2.24. The third kappa shape index (κ3) is 2.70. The molecule has 2 atom stereocenters. The summed E-state index contributed by atoms with van der Waals surface area (Å²) in [4.78, 5) is 2.61. The molecule has 2 nitrogen and oxygen atoms in total. The summed E-state index contributed by atoms with van der Waals surface area (Å²) in [6.45, 7) is 5.75. The summed E-state index contributed by atoms with van der Waals surface area (Å²) in [5, 5.41) is 3.74. The molecule has 0 amide bonds. The van der Waals surface area contributed by atoms with Crippen LogP contribution in [0.3, 0.4) is 0 Å². The van der Waals surface area contributed by atoms with E-state index in [0.717, 1.165) is 18.6 Å². The first-order valence-electron chi connectivity index (χ1n) is 6.83. The Hall–Kier alpha value is -0.860. The lowest BCUT2D eigenvalue weighted by molar-refractivity contribution is 0.251. The van der Waals surface area contributed by atoms with Crippen molar-refractivity contribution in [1.82, 2.24) is 10.2 Å². The van der Waals surface area contributed by atoms with Gasteiger partial charge in [-0.15, -0.1) is 0 Å². The van der Waals surface area contributed by atoms with Crippen LogP contribution in [0.5, 0.6) is 0 Å². The highest BCUT2D eigenvalue weighted by Gasteiger charge is 2.28. The number of benzene rings is 1. The van der Waals surface area contributed by atoms with Crippen LogP contribution < -0.4 is 5.32 Å². The maximum absolute atomic E-state index is 3.74. The topological polar surface area (TPSA) is 15.3 Å². The Morgan fingerprint density at radius 1 is 1.12 bits per heavy atom. The molecule has 2 fully saturated rings. The summed E-state index contributed by atoms with van der Waals surface area (Å²) in [5.74, 6) is 0. The predicted octanol–water partition coefficient (Wildman–Crippen LogP) is 2.32. The van der Waals surface area contributed by atoms with Crippen LogP contribution in [0.25, 0.3) is 0 Å². The van der Waals surface area contributed by atoms with E-state index in [1.807, 2.05) is 0 Å². The minimum absolute atomic E-state index is 0.743. The van der Waals surface area contributed by atoms with Crippen LogP contribution >= 0.6 is 0 Å². The van der Waals surface area contributed by atoms with E-state index in [-0.39, 0.29) is 0 Å². The molecule has 0 saturated carbocycles. The number of aryl methyl sites for hydroxylation is 1. The Labute approximate surface area is 104 Å². The molecule has 1 N–H and O–H groups in total. The van der Waals surface area contributed by atoms with Gasteiger partial charge in [0.2, 0.25) is 0 Å². The van der Waals surface area contributed by atoms with Crippen LogP contribution in [-0.2, 0) is 6.54 Å². The van der Waals surface area contributed by atoms with Crippen molar-refractivity contribution in [3.63, 3.8) is 0 Å². The van der Waals surface area contributed by atoms with Gasteiger partial charge in [0.1, 0.15) is 0 Å². The van der Waals surface area contributed by atoms with Gasteiger partial charge in [0, 0.05) is 31.7 Å². The number of nitrogens with one attached hydrogen (secondary N) is 1. The summed E-state index contributed by atoms with van der Waals surface area (Å²) in [5.41, 5.74) is 2.80. The molecule has 2 saturated heterocycles. The molecule has 2 aliphatic heterocycles. The first-order valence-corrected chi connectivity index (χ1v) is 6.83. The van der Waals surface area contributed by atoms with Crippen molar-refractivity contribution in [1.29, 1.82) is 0 Å². The van der Waals surface area contributed by atoms with E-state index in [9.17, 15) is 0 Å². The number of nitrogens with zero attached hydrogens (tertiary/aromatic N) is 1. The number of fused-ring (bicyclic) bond motifs is 2.